The molecule has 3 aromatic rings. The number of nitrogens with one attached hydrogen (secondary N) is 2. The van der Waals surface area contributed by atoms with Crippen molar-refractivity contribution in [1.82, 2.24) is 9.55 Å². The van der Waals surface area contributed by atoms with Gasteiger partial charge in [-0.3, -0.25) is 14.4 Å². The first kappa shape index (κ1) is 25.0. The lowest BCUT2D eigenvalue weighted by atomic mass is 10.1. The van der Waals surface area contributed by atoms with Crippen LogP contribution >= 0.6 is 23.4 Å². The van der Waals surface area contributed by atoms with Crippen molar-refractivity contribution in [3.8, 4) is 0 Å². The summed E-state index contributed by atoms with van der Waals surface area (Å²) < 4.78 is 6.85. The predicted octanol–water partition coefficient (Wildman–Crippen LogP) is 3.80. The summed E-state index contributed by atoms with van der Waals surface area (Å²) in [5.74, 6) is -1.61. The van der Waals surface area contributed by atoms with Gasteiger partial charge in [-0.15, -0.1) is 0 Å². The van der Waals surface area contributed by atoms with Crippen LogP contribution in [-0.4, -0.2) is 45.5 Å². The number of aromatic nitrogens is 2. The number of Topliss-reactive ketones (excluding diaryl/α,β-unsaturated/α-hetero) is 1. The molecule has 0 bridgehead atoms. The lowest BCUT2D eigenvalue weighted by molar-refractivity contribution is -0.119. The van der Waals surface area contributed by atoms with Crippen molar-refractivity contribution in [2.75, 3.05) is 23.0 Å². The number of benzene rings is 2. The summed E-state index contributed by atoms with van der Waals surface area (Å²) in [6, 6.07) is 10.6. The standard InChI is InChI=1S/C23H21ClN4O5S/c1-14(29)15-3-6-17(7-4-15)26-20(30)12-33-22(32)16-5-8-18(24)19(11-16)27-21(31)13-34-23-25-9-10-28(23)2/h3-11H,12-13H2,1-2H3,(H,26,30)(H,27,31). The molecule has 11 heteroatoms. The number of hydrogen-bond donors (Lipinski definition) is 2. The molecular formula is C23H21ClN4O5S. The summed E-state index contributed by atoms with van der Waals surface area (Å²) in [5, 5.41) is 6.17. The second-order valence-electron chi connectivity index (χ2n) is 7.11. The first-order valence-electron chi connectivity index (χ1n) is 10.0. The zero-order valence-electron chi connectivity index (χ0n) is 18.3. The largest absolute Gasteiger partial charge is 0.452 e. The van der Waals surface area contributed by atoms with Crippen molar-refractivity contribution in [1.29, 1.82) is 0 Å². The number of rotatable bonds is 9. The van der Waals surface area contributed by atoms with Gasteiger partial charge in [0.1, 0.15) is 0 Å². The number of amides is 2. The van der Waals surface area contributed by atoms with Gasteiger partial charge in [0, 0.05) is 30.7 Å². The summed E-state index contributed by atoms with van der Waals surface area (Å²) in [5.41, 5.74) is 1.35. The molecule has 0 aliphatic carbocycles. The van der Waals surface area contributed by atoms with Crippen molar-refractivity contribution in [2.24, 2.45) is 7.05 Å². The Morgan fingerprint density at radius 3 is 2.38 bits per heavy atom. The van der Waals surface area contributed by atoms with Crippen LogP contribution in [0.25, 0.3) is 0 Å². The number of aryl methyl sites for hydroxylation is 1. The molecule has 2 N–H and O–H groups in total. The molecule has 9 nitrogen and oxygen atoms in total. The number of carbonyl (C=O) groups excluding carboxylic acids is 4. The lowest BCUT2D eigenvalue weighted by Crippen LogP contribution is -2.21. The van der Waals surface area contributed by atoms with Crippen LogP contribution in [0.5, 0.6) is 0 Å². The number of imidazole rings is 1. The minimum absolute atomic E-state index is 0.0859. The highest BCUT2D eigenvalue weighted by Crippen LogP contribution is 2.24. The molecule has 0 saturated carbocycles. The van der Waals surface area contributed by atoms with Crippen molar-refractivity contribution >= 4 is 58.3 Å². The normalized spacial score (nSPS) is 10.4. The SMILES string of the molecule is CC(=O)c1ccc(NC(=O)COC(=O)c2ccc(Cl)c(NC(=O)CSc3nccn3C)c2)cc1. The van der Waals surface area contributed by atoms with E-state index in [1.165, 1.54) is 36.9 Å². The van der Waals surface area contributed by atoms with E-state index in [9.17, 15) is 19.2 Å². The van der Waals surface area contributed by atoms with Gasteiger partial charge >= 0.3 is 5.97 Å². The highest BCUT2D eigenvalue weighted by Gasteiger charge is 2.15. The maximum atomic E-state index is 12.4. The molecule has 34 heavy (non-hydrogen) atoms. The number of ketones is 1. The molecule has 1 aromatic heterocycles. The number of esters is 1. The maximum Gasteiger partial charge on any atom is 0.338 e. The van der Waals surface area contributed by atoms with E-state index in [1.54, 1.807) is 41.2 Å². The van der Waals surface area contributed by atoms with E-state index in [2.05, 4.69) is 15.6 Å². The number of thioether (sulfide) groups is 1. The summed E-state index contributed by atoms with van der Waals surface area (Å²) in [4.78, 5) is 52.2. The Kier molecular flexibility index (Phi) is 8.44. The number of ether oxygens (including phenoxy) is 1. The second kappa shape index (κ2) is 11.5. The van der Waals surface area contributed by atoms with Gasteiger partial charge in [0.25, 0.3) is 5.91 Å². The van der Waals surface area contributed by atoms with E-state index < -0.39 is 18.5 Å². The van der Waals surface area contributed by atoms with Crippen molar-refractivity contribution < 1.29 is 23.9 Å². The highest BCUT2D eigenvalue weighted by molar-refractivity contribution is 7.99. The number of halogens is 1. The topological polar surface area (TPSA) is 119 Å². The lowest BCUT2D eigenvalue weighted by Gasteiger charge is -2.10. The van der Waals surface area contributed by atoms with E-state index in [0.717, 1.165) is 0 Å². The van der Waals surface area contributed by atoms with Gasteiger partial charge in [0.05, 0.1) is 22.0 Å². The smallest absolute Gasteiger partial charge is 0.338 e. The minimum atomic E-state index is -0.753. The third-order valence-corrected chi connectivity index (χ3v) is 5.88. The zero-order chi connectivity index (χ0) is 24.7. The number of hydrogen-bond acceptors (Lipinski definition) is 7. The van der Waals surface area contributed by atoms with Crippen molar-refractivity contribution in [2.45, 2.75) is 12.1 Å². The van der Waals surface area contributed by atoms with Crippen molar-refractivity contribution in [3.05, 3.63) is 71.0 Å². The Morgan fingerprint density at radius 1 is 1.03 bits per heavy atom. The highest BCUT2D eigenvalue weighted by atomic mass is 35.5. The summed E-state index contributed by atoms with van der Waals surface area (Å²) in [7, 11) is 1.82. The molecule has 0 aliphatic heterocycles. The third-order valence-electron chi connectivity index (χ3n) is 4.50. The molecule has 0 radical (unpaired) electrons. The van der Waals surface area contributed by atoms with Gasteiger partial charge in [-0.2, -0.15) is 0 Å². The average Bonchev–Trinajstić information content (AvgIpc) is 3.22. The summed E-state index contributed by atoms with van der Waals surface area (Å²) in [6.45, 7) is 0.930. The van der Waals surface area contributed by atoms with Crippen LogP contribution in [0.4, 0.5) is 11.4 Å². The van der Waals surface area contributed by atoms with Gasteiger partial charge in [0.2, 0.25) is 5.91 Å². The quantitative estimate of drug-likeness (QED) is 0.260. The molecule has 2 amide bonds. The molecule has 0 spiro atoms. The fourth-order valence-corrected chi connectivity index (χ4v) is 3.65. The molecule has 2 aromatic carbocycles. The van der Waals surface area contributed by atoms with Gasteiger partial charge in [-0.25, -0.2) is 9.78 Å². The molecule has 0 fully saturated rings. The Hall–Kier alpha value is -3.63. The summed E-state index contributed by atoms with van der Waals surface area (Å²) in [6.07, 6.45) is 3.41. The Morgan fingerprint density at radius 2 is 1.74 bits per heavy atom. The van der Waals surface area contributed by atoms with Gasteiger partial charge < -0.3 is 19.9 Å². The molecule has 0 atom stereocenters. The van der Waals surface area contributed by atoms with Crippen LogP contribution in [0.2, 0.25) is 5.02 Å². The van der Waals surface area contributed by atoms with Gasteiger partial charge in [-0.1, -0.05) is 23.4 Å². The molecule has 176 valence electrons. The fourth-order valence-electron chi connectivity index (χ4n) is 2.76. The molecule has 3 rings (SSSR count). The Balaban J connectivity index is 1.52. The molecular weight excluding hydrogens is 480 g/mol. The Labute approximate surface area is 204 Å². The number of carbonyl (C=O) groups is 4. The molecule has 1 heterocycles. The first-order chi connectivity index (χ1) is 16.2. The maximum absolute atomic E-state index is 12.4. The van der Waals surface area contributed by atoms with E-state index >= 15 is 0 Å². The van der Waals surface area contributed by atoms with E-state index in [0.29, 0.717) is 16.4 Å². The second-order valence-corrected chi connectivity index (χ2v) is 8.46. The van der Waals surface area contributed by atoms with E-state index in [4.69, 9.17) is 16.3 Å². The van der Waals surface area contributed by atoms with Crippen LogP contribution in [0.15, 0.2) is 60.0 Å². The van der Waals surface area contributed by atoms with E-state index in [1.807, 2.05) is 7.05 Å². The molecule has 0 aliphatic rings. The van der Waals surface area contributed by atoms with Gasteiger partial charge in [-0.05, 0) is 49.4 Å². The zero-order valence-corrected chi connectivity index (χ0v) is 19.9. The average molecular weight is 501 g/mol. The van der Waals surface area contributed by atoms with Crippen LogP contribution < -0.4 is 10.6 Å². The summed E-state index contributed by atoms with van der Waals surface area (Å²) >= 11 is 7.40. The van der Waals surface area contributed by atoms with Crippen LogP contribution in [0.3, 0.4) is 0 Å². The van der Waals surface area contributed by atoms with Gasteiger partial charge in [0.15, 0.2) is 17.5 Å². The van der Waals surface area contributed by atoms with Crippen molar-refractivity contribution in [3.63, 3.8) is 0 Å². The van der Waals surface area contributed by atoms with Crippen LogP contribution in [-0.2, 0) is 21.4 Å². The van der Waals surface area contributed by atoms with E-state index in [-0.39, 0.29) is 33.7 Å². The van der Waals surface area contributed by atoms with Crippen LogP contribution in [0.1, 0.15) is 27.6 Å². The fraction of sp³-hybridized carbons (Fsp3) is 0.174. The molecule has 0 saturated heterocycles. The third kappa shape index (κ3) is 6.93. The minimum Gasteiger partial charge on any atom is -0.452 e. The Bertz CT molecular complexity index is 1230. The van der Waals surface area contributed by atoms with Crippen LogP contribution in [0, 0.1) is 0 Å². The number of anilines is 2. The first-order valence-corrected chi connectivity index (χ1v) is 11.4. The predicted molar refractivity (Wildman–Crippen MR) is 129 cm³/mol. The number of nitrogens with zero attached hydrogens (tertiary/aromatic N) is 2. The molecule has 0 unspecified atom stereocenters. The monoisotopic (exact) mass is 500 g/mol.